The average Bonchev–Trinajstić information content (AvgIpc) is 3.08. The quantitative estimate of drug-likeness (QED) is 0.710. The Morgan fingerprint density at radius 3 is 2.85 bits per heavy atom. The van der Waals surface area contributed by atoms with E-state index in [1.807, 2.05) is 36.4 Å². The van der Waals surface area contributed by atoms with Crippen molar-refractivity contribution in [3.05, 3.63) is 45.7 Å². The normalized spacial score (nSPS) is 10.4. The Kier molecular flexibility index (Phi) is 3.63. The van der Waals surface area contributed by atoms with Crippen molar-refractivity contribution in [2.45, 2.75) is 6.42 Å². The van der Waals surface area contributed by atoms with E-state index in [0.29, 0.717) is 18.1 Å². The summed E-state index contributed by atoms with van der Waals surface area (Å²) in [4.78, 5) is 5.34. The third kappa shape index (κ3) is 2.50. The molecule has 0 unspecified atom stereocenters. The molecule has 0 fully saturated rings. The Labute approximate surface area is 127 Å². The lowest BCUT2D eigenvalue weighted by Gasteiger charge is -2.00. The van der Waals surface area contributed by atoms with Gasteiger partial charge >= 0.3 is 0 Å². The van der Waals surface area contributed by atoms with Crippen molar-refractivity contribution in [1.82, 2.24) is 10.1 Å². The molecule has 0 N–H and O–H groups in total. The van der Waals surface area contributed by atoms with Crippen LogP contribution in [-0.4, -0.2) is 10.1 Å². The van der Waals surface area contributed by atoms with Crippen LogP contribution in [0.25, 0.3) is 22.2 Å². The van der Waals surface area contributed by atoms with Crippen molar-refractivity contribution in [2.24, 2.45) is 0 Å². The number of halogens is 1. The predicted molar refractivity (Wildman–Crippen MR) is 80.1 cm³/mol. The van der Waals surface area contributed by atoms with Crippen LogP contribution in [0.1, 0.15) is 5.56 Å². The zero-order valence-electron chi connectivity index (χ0n) is 10.2. The Balaban J connectivity index is 2.00. The second kappa shape index (κ2) is 5.57. The molecule has 6 heteroatoms. The third-order valence-electron chi connectivity index (χ3n) is 2.74. The summed E-state index contributed by atoms with van der Waals surface area (Å²) in [5, 5.41) is 12.9. The van der Waals surface area contributed by atoms with Crippen molar-refractivity contribution in [1.29, 1.82) is 5.26 Å². The molecule has 3 aromatic rings. The first-order valence-electron chi connectivity index (χ1n) is 5.82. The van der Waals surface area contributed by atoms with Gasteiger partial charge in [-0.3, -0.25) is 0 Å². The fourth-order valence-corrected chi connectivity index (χ4v) is 3.15. The monoisotopic (exact) mass is 345 g/mol. The highest BCUT2D eigenvalue weighted by Gasteiger charge is 2.14. The van der Waals surface area contributed by atoms with Gasteiger partial charge in [-0.15, -0.1) is 11.3 Å². The molecule has 3 rings (SSSR count). The van der Waals surface area contributed by atoms with Crippen LogP contribution >= 0.6 is 27.3 Å². The van der Waals surface area contributed by atoms with Crippen molar-refractivity contribution in [3.8, 4) is 28.2 Å². The van der Waals surface area contributed by atoms with Gasteiger partial charge in [0.15, 0.2) is 0 Å². The van der Waals surface area contributed by atoms with Gasteiger partial charge in [-0.05, 0) is 39.7 Å². The van der Waals surface area contributed by atoms with Crippen LogP contribution < -0.4 is 0 Å². The summed E-state index contributed by atoms with van der Waals surface area (Å²) in [7, 11) is 0. The van der Waals surface area contributed by atoms with Gasteiger partial charge in [-0.2, -0.15) is 10.2 Å². The van der Waals surface area contributed by atoms with Crippen LogP contribution in [0, 0.1) is 11.3 Å². The number of hydrogen-bond acceptors (Lipinski definition) is 5. The SMILES string of the molecule is N#CCc1ccccc1-c1nc(-c2ccc(Br)s2)no1. The van der Waals surface area contributed by atoms with Crippen LogP contribution in [0.2, 0.25) is 0 Å². The zero-order valence-corrected chi connectivity index (χ0v) is 12.6. The predicted octanol–water partition coefficient (Wildman–Crippen LogP) is 4.29. The minimum Gasteiger partial charge on any atom is -0.334 e. The zero-order chi connectivity index (χ0) is 13.9. The summed E-state index contributed by atoms with van der Waals surface area (Å²) < 4.78 is 6.34. The second-order valence-electron chi connectivity index (χ2n) is 4.02. The Bertz CT molecular complexity index is 788. The summed E-state index contributed by atoms with van der Waals surface area (Å²) in [6.45, 7) is 0. The first-order chi connectivity index (χ1) is 9.78. The van der Waals surface area contributed by atoms with Gasteiger partial charge in [0, 0.05) is 5.56 Å². The van der Waals surface area contributed by atoms with Crippen LogP contribution in [0.4, 0.5) is 0 Å². The van der Waals surface area contributed by atoms with Gasteiger partial charge < -0.3 is 4.52 Å². The maximum absolute atomic E-state index is 8.86. The number of rotatable bonds is 3. The number of benzene rings is 1. The summed E-state index contributed by atoms with van der Waals surface area (Å²) in [6, 6.07) is 13.6. The molecule has 0 radical (unpaired) electrons. The van der Waals surface area contributed by atoms with E-state index in [0.717, 1.165) is 19.8 Å². The van der Waals surface area contributed by atoms with E-state index in [-0.39, 0.29) is 0 Å². The minimum atomic E-state index is 0.318. The number of aromatic nitrogens is 2. The highest BCUT2D eigenvalue weighted by Crippen LogP contribution is 2.31. The molecular formula is C14H8BrN3OS. The van der Waals surface area contributed by atoms with E-state index in [2.05, 4.69) is 32.1 Å². The van der Waals surface area contributed by atoms with Crippen LogP contribution in [-0.2, 0) is 6.42 Å². The summed E-state index contributed by atoms with van der Waals surface area (Å²) in [5.74, 6) is 0.998. The number of thiophene rings is 1. The summed E-state index contributed by atoms with van der Waals surface area (Å²) in [5.41, 5.74) is 1.70. The molecule has 4 nitrogen and oxygen atoms in total. The number of nitrogens with zero attached hydrogens (tertiary/aromatic N) is 3. The molecule has 2 aromatic heterocycles. The Morgan fingerprint density at radius 1 is 1.25 bits per heavy atom. The standard InChI is InChI=1S/C14H8BrN3OS/c15-12-6-5-11(20-12)13-17-14(19-18-13)10-4-2-1-3-9(10)7-8-16/h1-6H,7H2. The number of nitriles is 1. The fourth-order valence-electron chi connectivity index (χ4n) is 1.84. The molecule has 20 heavy (non-hydrogen) atoms. The molecule has 98 valence electrons. The molecule has 0 aliphatic rings. The van der Waals surface area contributed by atoms with E-state index in [4.69, 9.17) is 9.78 Å². The topological polar surface area (TPSA) is 62.7 Å². The van der Waals surface area contributed by atoms with Gasteiger partial charge in [-0.25, -0.2) is 0 Å². The molecule has 0 saturated heterocycles. The van der Waals surface area contributed by atoms with Gasteiger partial charge in [-0.1, -0.05) is 23.4 Å². The van der Waals surface area contributed by atoms with E-state index in [1.54, 1.807) is 11.3 Å². The van der Waals surface area contributed by atoms with Crippen LogP contribution in [0.15, 0.2) is 44.7 Å². The summed E-state index contributed by atoms with van der Waals surface area (Å²) in [6.07, 6.45) is 0.318. The van der Waals surface area contributed by atoms with Crippen LogP contribution in [0.5, 0.6) is 0 Å². The van der Waals surface area contributed by atoms with Gasteiger partial charge in [0.2, 0.25) is 5.82 Å². The lowest BCUT2D eigenvalue weighted by Crippen LogP contribution is -1.88. The molecule has 0 bridgehead atoms. The summed E-state index contributed by atoms with van der Waals surface area (Å²) >= 11 is 4.95. The molecule has 2 heterocycles. The largest absolute Gasteiger partial charge is 0.334 e. The molecule has 0 atom stereocenters. The molecule has 0 aliphatic heterocycles. The fraction of sp³-hybridized carbons (Fsp3) is 0.0714. The molecule has 0 amide bonds. The molecular weight excluding hydrogens is 338 g/mol. The van der Waals surface area contributed by atoms with E-state index in [1.165, 1.54) is 0 Å². The number of hydrogen-bond donors (Lipinski definition) is 0. The second-order valence-corrected chi connectivity index (χ2v) is 6.48. The minimum absolute atomic E-state index is 0.318. The van der Waals surface area contributed by atoms with E-state index in [9.17, 15) is 0 Å². The first kappa shape index (κ1) is 13.0. The molecule has 0 aliphatic carbocycles. The maximum atomic E-state index is 8.86. The molecule has 0 spiro atoms. The van der Waals surface area contributed by atoms with Crippen molar-refractivity contribution in [2.75, 3.05) is 0 Å². The average molecular weight is 346 g/mol. The van der Waals surface area contributed by atoms with E-state index < -0.39 is 0 Å². The van der Waals surface area contributed by atoms with E-state index >= 15 is 0 Å². The Hall–Kier alpha value is -1.97. The molecule has 1 aromatic carbocycles. The van der Waals surface area contributed by atoms with Gasteiger partial charge in [0.05, 0.1) is 21.2 Å². The highest BCUT2D eigenvalue weighted by molar-refractivity contribution is 9.11. The Morgan fingerprint density at radius 2 is 2.10 bits per heavy atom. The lowest BCUT2D eigenvalue weighted by molar-refractivity contribution is 0.432. The van der Waals surface area contributed by atoms with Crippen molar-refractivity contribution in [3.63, 3.8) is 0 Å². The maximum Gasteiger partial charge on any atom is 0.258 e. The first-order valence-corrected chi connectivity index (χ1v) is 7.43. The third-order valence-corrected chi connectivity index (χ3v) is 4.36. The lowest BCUT2D eigenvalue weighted by atomic mass is 10.1. The van der Waals surface area contributed by atoms with Crippen LogP contribution in [0.3, 0.4) is 0 Å². The van der Waals surface area contributed by atoms with Gasteiger partial charge in [0.1, 0.15) is 0 Å². The highest BCUT2D eigenvalue weighted by atomic mass is 79.9. The van der Waals surface area contributed by atoms with Crippen molar-refractivity contribution < 1.29 is 4.52 Å². The van der Waals surface area contributed by atoms with Crippen molar-refractivity contribution >= 4 is 27.3 Å². The smallest absolute Gasteiger partial charge is 0.258 e. The molecule has 0 saturated carbocycles. The van der Waals surface area contributed by atoms with Gasteiger partial charge in [0.25, 0.3) is 5.89 Å².